The second-order valence-electron chi connectivity index (χ2n) is 4.49. The van der Waals surface area contributed by atoms with E-state index in [1.54, 1.807) is 0 Å². The molecule has 0 atom stereocenters. The number of likely N-dealkylation sites (tertiary alicyclic amines) is 1. The maximum absolute atomic E-state index is 11.7. The van der Waals surface area contributed by atoms with Crippen molar-refractivity contribution >= 4 is 0 Å². The Morgan fingerprint density at radius 1 is 1.38 bits per heavy atom. The molecule has 1 rings (SSSR count). The molecule has 96 valence electrons. The van der Waals surface area contributed by atoms with E-state index in [0.29, 0.717) is 6.54 Å². The van der Waals surface area contributed by atoms with Gasteiger partial charge in [-0.05, 0) is 6.42 Å². The number of hydrogen-bond acceptors (Lipinski definition) is 3. The van der Waals surface area contributed by atoms with Crippen LogP contribution in [0.4, 0.5) is 13.2 Å². The summed E-state index contributed by atoms with van der Waals surface area (Å²) in [5, 5.41) is 0. The van der Waals surface area contributed by atoms with E-state index >= 15 is 0 Å². The minimum Gasteiger partial charge on any atom is -0.371 e. The lowest BCUT2D eigenvalue weighted by molar-refractivity contribution is -0.175. The van der Waals surface area contributed by atoms with Crippen LogP contribution < -0.4 is 5.73 Å². The summed E-state index contributed by atoms with van der Waals surface area (Å²) in [6, 6.07) is 0. The summed E-state index contributed by atoms with van der Waals surface area (Å²) >= 11 is 0. The van der Waals surface area contributed by atoms with Crippen molar-refractivity contribution in [2.75, 3.05) is 32.8 Å². The largest absolute Gasteiger partial charge is 0.411 e. The molecule has 1 saturated heterocycles. The number of nitrogens with zero attached hydrogens (tertiary/aromatic N) is 1. The number of nitrogens with two attached hydrogens (primary N) is 1. The van der Waals surface area contributed by atoms with Crippen LogP contribution in [0.15, 0.2) is 0 Å². The molecule has 0 aromatic heterocycles. The van der Waals surface area contributed by atoms with E-state index in [1.165, 1.54) is 0 Å². The van der Waals surface area contributed by atoms with Crippen LogP contribution in [0.1, 0.15) is 19.8 Å². The molecule has 0 unspecified atom stereocenters. The van der Waals surface area contributed by atoms with Crippen LogP contribution in [0.5, 0.6) is 0 Å². The second-order valence-corrected chi connectivity index (χ2v) is 4.49. The molecule has 0 aromatic carbocycles. The highest BCUT2D eigenvalue weighted by atomic mass is 19.4. The van der Waals surface area contributed by atoms with Crippen LogP contribution in [0, 0.1) is 0 Å². The zero-order valence-electron chi connectivity index (χ0n) is 9.52. The lowest BCUT2D eigenvalue weighted by atomic mass is 9.86. The summed E-state index contributed by atoms with van der Waals surface area (Å²) in [6.07, 6.45) is -2.23. The lowest BCUT2D eigenvalue weighted by Crippen LogP contribution is -2.67. The van der Waals surface area contributed by atoms with Gasteiger partial charge in [0.25, 0.3) is 0 Å². The molecular formula is C10H19F3N2O. The summed E-state index contributed by atoms with van der Waals surface area (Å²) in [5.41, 5.74) is 5.89. The van der Waals surface area contributed by atoms with Crippen LogP contribution >= 0.6 is 0 Å². The first kappa shape index (κ1) is 13.7. The molecule has 0 bridgehead atoms. The smallest absolute Gasteiger partial charge is 0.371 e. The molecule has 1 aliphatic heterocycles. The van der Waals surface area contributed by atoms with Crippen LogP contribution in [0.25, 0.3) is 0 Å². The Labute approximate surface area is 93.7 Å². The van der Waals surface area contributed by atoms with E-state index in [1.807, 2.05) is 4.90 Å². The van der Waals surface area contributed by atoms with E-state index in [0.717, 1.165) is 25.9 Å². The van der Waals surface area contributed by atoms with Crippen LogP contribution in [0.3, 0.4) is 0 Å². The van der Waals surface area contributed by atoms with Crippen molar-refractivity contribution in [2.24, 2.45) is 5.73 Å². The van der Waals surface area contributed by atoms with Crippen molar-refractivity contribution in [1.82, 2.24) is 4.90 Å². The molecular weight excluding hydrogens is 221 g/mol. The molecule has 0 saturated carbocycles. The fourth-order valence-corrected chi connectivity index (χ4v) is 2.04. The van der Waals surface area contributed by atoms with Crippen LogP contribution in [0.2, 0.25) is 0 Å². The second kappa shape index (κ2) is 5.33. The SMILES string of the molecule is CCCC1(N)CN(CCOCC(F)(F)F)C1. The average molecular weight is 240 g/mol. The van der Waals surface area contributed by atoms with Gasteiger partial charge in [-0.25, -0.2) is 0 Å². The van der Waals surface area contributed by atoms with E-state index in [2.05, 4.69) is 11.7 Å². The Balaban J connectivity index is 2.01. The van der Waals surface area contributed by atoms with Gasteiger partial charge >= 0.3 is 6.18 Å². The third kappa shape index (κ3) is 4.67. The van der Waals surface area contributed by atoms with Crippen molar-refractivity contribution in [3.8, 4) is 0 Å². The molecule has 0 radical (unpaired) electrons. The summed E-state index contributed by atoms with van der Waals surface area (Å²) < 4.78 is 39.7. The fraction of sp³-hybridized carbons (Fsp3) is 1.00. The highest BCUT2D eigenvalue weighted by molar-refractivity contribution is 4.99. The van der Waals surface area contributed by atoms with Gasteiger partial charge in [-0.2, -0.15) is 13.2 Å². The van der Waals surface area contributed by atoms with Gasteiger partial charge in [0.2, 0.25) is 0 Å². The summed E-state index contributed by atoms with van der Waals surface area (Å²) in [4.78, 5) is 2.02. The first-order valence-corrected chi connectivity index (χ1v) is 5.50. The zero-order valence-corrected chi connectivity index (χ0v) is 9.52. The van der Waals surface area contributed by atoms with Crippen molar-refractivity contribution in [1.29, 1.82) is 0 Å². The summed E-state index contributed by atoms with van der Waals surface area (Å²) in [6.45, 7) is 3.07. The van der Waals surface area contributed by atoms with Gasteiger partial charge in [-0.15, -0.1) is 0 Å². The predicted octanol–water partition coefficient (Wildman–Crippen LogP) is 1.38. The molecule has 0 amide bonds. The van der Waals surface area contributed by atoms with Gasteiger partial charge in [0, 0.05) is 25.2 Å². The standard InChI is InChI=1S/C10H19F3N2O/c1-2-3-9(14)6-15(7-9)4-5-16-8-10(11,12)13/h2-8,14H2,1H3. The average Bonchev–Trinajstić information content (AvgIpc) is 2.08. The molecule has 6 heteroatoms. The number of halogens is 3. The van der Waals surface area contributed by atoms with Crippen molar-refractivity contribution < 1.29 is 17.9 Å². The highest BCUT2D eigenvalue weighted by Gasteiger charge is 2.38. The number of rotatable bonds is 6. The van der Waals surface area contributed by atoms with E-state index < -0.39 is 12.8 Å². The number of ether oxygens (including phenoxy) is 1. The first-order chi connectivity index (χ1) is 7.35. The van der Waals surface area contributed by atoms with Gasteiger partial charge in [-0.1, -0.05) is 13.3 Å². The maximum atomic E-state index is 11.7. The zero-order chi connectivity index (χ0) is 12.2. The molecule has 2 N–H and O–H groups in total. The van der Waals surface area contributed by atoms with Crippen LogP contribution in [-0.4, -0.2) is 49.5 Å². The van der Waals surface area contributed by atoms with E-state index in [4.69, 9.17) is 5.73 Å². The van der Waals surface area contributed by atoms with Gasteiger partial charge in [0.15, 0.2) is 0 Å². The maximum Gasteiger partial charge on any atom is 0.411 e. The van der Waals surface area contributed by atoms with Crippen molar-refractivity contribution in [3.05, 3.63) is 0 Å². The van der Waals surface area contributed by atoms with Gasteiger partial charge in [0.1, 0.15) is 6.61 Å². The Morgan fingerprint density at radius 2 is 2.00 bits per heavy atom. The minimum absolute atomic E-state index is 0.113. The quantitative estimate of drug-likeness (QED) is 0.713. The molecule has 0 aromatic rings. The third-order valence-electron chi connectivity index (χ3n) is 2.64. The monoisotopic (exact) mass is 240 g/mol. The van der Waals surface area contributed by atoms with Crippen LogP contribution in [-0.2, 0) is 4.74 Å². The van der Waals surface area contributed by atoms with Crippen molar-refractivity contribution in [2.45, 2.75) is 31.5 Å². The molecule has 0 spiro atoms. The Kier molecular flexibility index (Phi) is 4.58. The first-order valence-electron chi connectivity index (χ1n) is 5.50. The van der Waals surface area contributed by atoms with E-state index in [-0.39, 0.29) is 12.1 Å². The highest BCUT2D eigenvalue weighted by Crippen LogP contribution is 2.22. The van der Waals surface area contributed by atoms with E-state index in [9.17, 15) is 13.2 Å². The lowest BCUT2D eigenvalue weighted by Gasteiger charge is -2.48. The Bertz CT molecular complexity index is 215. The Hall–Kier alpha value is -0.330. The van der Waals surface area contributed by atoms with Gasteiger partial charge in [0.05, 0.1) is 6.61 Å². The molecule has 3 nitrogen and oxygen atoms in total. The molecule has 1 aliphatic rings. The number of alkyl halides is 3. The molecule has 0 aliphatic carbocycles. The topological polar surface area (TPSA) is 38.5 Å². The van der Waals surface area contributed by atoms with Crippen molar-refractivity contribution in [3.63, 3.8) is 0 Å². The minimum atomic E-state index is -4.23. The molecule has 1 heterocycles. The summed E-state index contributed by atoms with van der Waals surface area (Å²) in [7, 11) is 0. The predicted molar refractivity (Wildman–Crippen MR) is 55.1 cm³/mol. The van der Waals surface area contributed by atoms with Gasteiger partial charge < -0.3 is 10.5 Å². The number of hydrogen-bond donors (Lipinski definition) is 1. The molecule has 16 heavy (non-hydrogen) atoms. The molecule has 1 fully saturated rings. The fourth-order valence-electron chi connectivity index (χ4n) is 2.04. The Morgan fingerprint density at radius 3 is 2.50 bits per heavy atom. The third-order valence-corrected chi connectivity index (χ3v) is 2.64. The normalized spacial score (nSPS) is 20.8. The summed E-state index contributed by atoms with van der Waals surface area (Å²) in [5.74, 6) is 0. The van der Waals surface area contributed by atoms with Gasteiger partial charge in [-0.3, -0.25) is 4.90 Å².